The lowest BCUT2D eigenvalue weighted by Crippen LogP contribution is -2.38. The van der Waals surface area contributed by atoms with E-state index in [1.54, 1.807) is 30.4 Å². The van der Waals surface area contributed by atoms with Crippen molar-refractivity contribution in [2.24, 2.45) is 0 Å². The van der Waals surface area contributed by atoms with E-state index in [2.05, 4.69) is 4.98 Å². The first-order valence-corrected chi connectivity index (χ1v) is 9.25. The number of aromatic nitrogens is 2. The fourth-order valence-corrected chi connectivity index (χ4v) is 3.81. The van der Waals surface area contributed by atoms with Crippen LogP contribution in [0.3, 0.4) is 0 Å². The number of carboxylic acids is 1. The summed E-state index contributed by atoms with van der Waals surface area (Å²) >= 11 is 0. The average Bonchev–Trinajstić information content (AvgIpc) is 3.15. The second-order valence-electron chi connectivity index (χ2n) is 7.03. The standard InChI is InChI=1S/C22H21N3O3/c1-24-13-16(11-12-19(24)26)25-14-23-20(15-7-3-2-4-8-15)21(25)17-9-5-6-10-18(17)22(27)28/h2-10,14,16H,11-13H2,1H3,(H,27,28). The lowest BCUT2D eigenvalue weighted by Gasteiger charge is -2.31. The molecule has 1 aliphatic rings. The van der Waals surface area contributed by atoms with E-state index in [4.69, 9.17) is 0 Å². The van der Waals surface area contributed by atoms with Crippen LogP contribution in [-0.4, -0.2) is 45.0 Å². The number of hydrogen-bond acceptors (Lipinski definition) is 3. The summed E-state index contributed by atoms with van der Waals surface area (Å²) < 4.78 is 2.03. The van der Waals surface area contributed by atoms with Crippen LogP contribution in [0.4, 0.5) is 0 Å². The second-order valence-corrected chi connectivity index (χ2v) is 7.03. The summed E-state index contributed by atoms with van der Waals surface area (Å²) in [4.78, 5) is 30.2. The summed E-state index contributed by atoms with van der Waals surface area (Å²) in [5, 5.41) is 9.72. The van der Waals surface area contributed by atoms with Gasteiger partial charge < -0.3 is 14.6 Å². The monoisotopic (exact) mass is 375 g/mol. The quantitative estimate of drug-likeness (QED) is 0.754. The molecule has 1 N–H and O–H groups in total. The highest BCUT2D eigenvalue weighted by Crippen LogP contribution is 2.37. The minimum Gasteiger partial charge on any atom is -0.478 e. The minimum atomic E-state index is -0.974. The van der Waals surface area contributed by atoms with Gasteiger partial charge in [-0.3, -0.25) is 4.79 Å². The van der Waals surface area contributed by atoms with Crippen LogP contribution in [0.2, 0.25) is 0 Å². The molecule has 6 nitrogen and oxygen atoms in total. The topological polar surface area (TPSA) is 75.4 Å². The molecular formula is C22H21N3O3. The molecule has 0 aliphatic carbocycles. The number of hydrogen-bond donors (Lipinski definition) is 1. The number of piperidine rings is 1. The largest absolute Gasteiger partial charge is 0.478 e. The Morgan fingerprint density at radius 2 is 1.82 bits per heavy atom. The van der Waals surface area contributed by atoms with E-state index in [1.807, 2.05) is 47.0 Å². The number of carboxylic acid groups (broad SMARTS) is 1. The summed E-state index contributed by atoms with van der Waals surface area (Å²) in [6.07, 6.45) is 2.95. The van der Waals surface area contributed by atoms with Crippen LogP contribution in [0.15, 0.2) is 60.9 Å². The Labute approximate surface area is 163 Å². The highest BCUT2D eigenvalue weighted by Gasteiger charge is 2.28. The first-order valence-electron chi connectivity index (χ1n) is 9.25. The molecule has 1 amide bonds. The maximum absolute atomic E-state index is 11.9. The zero-order valence-electron chi connectivity index (χ0n) is 15.6. The predicted octanol–water partition coefficient (Wildman–Crippen LogP) is 3.71. The van der Waals surface area contributed by atoms with E-state index in [1.165, 1.54) is 0 Å². The highest BCUT2D eigenvalue weighted by molar-refractivity contribution is 5.97. The highest BCUT2D eigenvalue weighted by atomic mass is 16.4. The molecule has 0 bridgehead atoms. The fourth-order valence-electron chi connectivity index (χ4n) is 3.81. The normalized spacial score (nSPS) is 17.0. The smallest absolute Gasteiger partial charge is 0.336 e. The van der Waals surface area contributed by atoms with Gasteiger partial charge in [0.1, 0.15) is 0 Å². The number of carbonyl (C=O) groups excluding carboxylic acids is 1. The Bertz CT molecular complexity index is 1030. The Kier molecular flexibility index (Phi) is 4.69. The molecule has 6 heteroatoms. The molecule has 142 valence electrons. The van der Waals surface area contributed by atoms with Crippen molar-refractivity contribution < 1.29 is 14.7 Å². The summed E-state index contributed by atoms with van der Waals surface area (Å²) in [5.74, 6) is -0.842. The lowest BCUT2D eigenvalue weighted by molar-refractivity contribution is -0.132. The van der Waals surface area contributed by atoms with Gasteiger partial charge in [0, 0.05) is 31.1 Å². The van der Waals surface area contributed by atoms with Crippen molar-refractivity contribution in [1.29, 1.82) is 0 Å². The van der Waals surface area contributed by atoms with E-state index in [-0.39, 0.29) is 17.5 Å². The van der Waals surface area contributed by atoms with Crippen LogP contribution in [0.25, 0.3) is 22.5 Å². The number of amides is 1. The van der Waals surface area contributed by atoms with Crippen LogP contribution < -0.4 is 0 Å². The molecule has 1 unspecified atom stereocenters. The van der Waals surface area contributed by atoms with Gasteiger partial charge in [0.15, 0.2) is 0 Å². The molecule has 1 aromatic heterocycles. The molecular weight excluding hydrogens is 354 g/mol. The number of aromatic carboxylic acids is 1. The van der Waals surface area contributed by atoms with Gasteiger partial charge in [0.2, 0.25) is 5.91 Å². The maximum Gasteiger partial charge on any atom is 0.336 e. The first-order chi connectivity index (χ1) is 13.6. The van der Waals surface area contributed by atoms with Gasteiger partial charge in [-0.1, -0.05) is 48.5 Å². The molecule has 0 radical (unpaired) electrons. The van der Waals surface area contributed by atoms with E-state index in [0.29, 0.717) is 24.9 Å². The van der Waals surface area contributed by atoms with Gasteiger partial charge in [-0.25, -0.2) is 9.78 Å². The first kappa shape index (κ1) is 18.0. The number of imidazole rings is 1. The molecule has 1 saturated heterocycles. The van der Waals surface area contributed by atoms with Crippen LogP contribution in [0.1, 0.15) is 29.2 Å². The van der Waals surface area contributed by atoms with Crippen LogP contribution >= 0.6 is 0 Å². The van der Waals surface area contributed by atoms with Crippen LogP contribution in [0, 0.1) is 0 Å². The number of carbonyl (C=O) groups is 2. The van der Waals surface area contributed by atoms with Crippen molar-refractivity contribution in [3.8, 4) is 22.5 Å². The van der Waals surface area contributed by atoms with Crippen molar-refractivity contribution in [2.75, 3.05) is 13.6 Å². The van der Waals surface area contributed by atoms with E-state index in [0.717, 1.165) is 17.0 Å². The third-order valence-electron chi connectivity index (χ3n) is 5.25. The molecule has 4 rings (SSSR count). The third-order valence-corrected chi connectivity index (χ3v) is 5.25. The molecule has 0 saturated carbocycles. The zero-order chi connectivity index (χ0) is 19.7. The predicted molar refractivity (Wildman–Crippen MR) is 106 cm³/mol. The molecule has 1 atom stereocenters. The van der Waals surface area contributed by atoms with Crippen LogP contribution in [-0.2, 0) is 4.79 Å². The van der Waals surface area contributed by atoms with E-state index < -0.39 is 5.97 Å². The van der Waals surface area contributed by atoms with Crippen molar-refractivity contribution in [2.45, 2.75) is 18.9 Å². The lowest BCUT2D eigenvalue weighted by atomic mass is 9.98. The Morgan fingerprint density at radius 3 is 2.54 bits per heavy atom. The minimum absolute atomic E-state index is 0.0458. The molecule has 0 spiro atoms. The van der Waals surface area contributed by atoms with Crippen molar-refractivity contribution in [3.63, 3.8) is 0 Å². The molecule has 1 fully saturated rings. The van der Waals surface area contributed by atoms with Crippen molar-refractivity contribution in [1.82, 2.24) is 14.5 Å². The Balaban J connectivity index is 1.91. The van der Waals surface area contributed by atoms with Crippen molar-refractivity contribution in [3.05, 3.63) is 66.5 Å². The number of nitrogens with zero attached hydrogens (tertiary/aromatic N) is 3. The number of likely N-dealkylation sites (tertiary alicyclic amines) is 1. The average molecular weight is 375 g/mol. The SMILES string of the molecule is CN1CC(n2cnc(-c3ccccc3)c2-c2ccccc2C(=O)O)CCC1=O. The molecule has 1 aliphatic heterocycles. The molecule has 2 heterocycles. The van der Waals surface area contributed by atoms with Gasteiger partial charge in [0.25, 0.3) is 0 Å². The Morgan fingerprint density at radius 1 is 1.11 bits per heavy atom. The summed E-state index contributed by atoms with van der Waals surface area (Å²) in [5.41, 5.74) is 3.31. The van der Waals surface area contributed by atoms with Crippen LogP contribution in [0.5, 0.6) is 0 Å². The molecule has 3 aromatic rings. The number of benzene rings is 2. The van der Waals surface area contributed by atoms with Gasteiger partial charge in [0.05, 0.1) is 29.3 Å². The second kappa shape index (κ2) is 7.31. The Hall–Kier alpha value is -3.41. The van der Waals surface area contributed by atoms with Gasteiger partial charge in [-0.2, -0.15) is 0 Å². The third kappa shape index (κ3) is 3.17. The summed E-state index contributed by atoms with van der Waals surface area (Å²) in [6.45, 7) is 0.575. The maximum atomic E-state index is 11.9. The van der Waals surface area contributed by atoms with Crippen molar-refractivity contribution >= 4 is 11.9 Å². The van der Waals surface area contributed by atoms with Gasteiger partial charge in [-0.05, 0) is 12.5 Å². The van der Waals surface area contributed by atoms with E-state index in [9.17, 15) is 14.7 Å². The summed E-state index contributed by atoms with van der Waals surface area (Å²) in [6, 6.07) is 16.8. The van der Waals surface area contributed by atoms with E-state index >= 15 is 0 Å². The molecule has 2 aromatic carbocycles. The van der Waals surface area contributed by atoms with Gasteiger partial charge >= 0.3 is 5.97 Å². The zero-order valence-corrected chi connectivity index (χ0v) is 15.6. The fraction of sp³-hybridized carbons (Fsp3) is 0.227. The van der Waals surface area contributed by atoms with Gasteiger partial charge in [-0.15, -0.1) is 0 Å². The number of rotatable bonds is 4. The number of likely N-dealkylation sites (N-methyl/N-ethyl adjacent to an activating group) is 1. The molecule has 28 heavy (non-hydrogen) atoms. The summed E-state index contributed by atoms with van der Waals surface area (Å²) in [7, 11) is 1.80.